The van der Waals surface area contributed by atoms with Crippen molar-refractivity contribution in [1.82, 2.24) is 30.0 Å². The minimum atomic E-state index is -0.228. The van der Waals surface area contributed by atoms with Gasteiger partial charge in [-0.25, -0.2) is 9.59 Å². The first-order valence-corrected chi connectivity index (χ1v) is 8.76. The Morgan fingerprint density at radius 1 is 1.27 bits per heavy atom. The van der Waals surface area contributed by atoms with Crippen LogP contribution in [-0.4, -0.2) is 43.8 Å². The normalized spacial score (nSPS) is 17.2. The Morgan fingerprint density at radius 2 is 2.08 bits per heavy atom. The summed E-state index contributed by atoms with van der Waals surface area (Å²) < 4.78 is 2.03. The van der Waals surface area contributed by atoms with Gasteiger partial charge in [-0.15, -0.1) is 0 Å². The van der Waals surface area contributed by atoms with Gasteiger partial charge in [0.25, 0.3) is 0 Å². The maximum absolute atomic E-state index is 12.5. The molecule has 1 aromatic carbocycles. The number of fused-ring (bicyclic) bond motifs is 1. The zero-order chi connectivity index (χ0) is 18.3. The third-order valence-corrected chi connectivity index (χ3v) is 4.87. The monoisotopic (exact) mass is 354 g/mol. The van der Waals surface area contributed by atoms with Crippen molar-refractivity contribution in [3.05, 3.63) is 51.7 Å². The van der Waals surface area contributed by atoms with E-state index in [1.54, 1.807) is 0 Å². The molecule has 1 aliphatic heterocycles. The number of aromatic nitrogens is 4. The van der Waals surface area contributed by atoms with Crippen LogP contribution in [0.1, 0.15) is 29.4 Å². The van der Waals surface area contributed by atoms with Gasteiger partial charge in [0, 0.05) is 25.3 Å². The molecule has 0 aliphatic carbocycles. The van der Waals surface area contributed by atoms with Crippen molar-refractivity contribution in [3.8, 4) is 0 Å². The quantitative estimate of drug-likeness (QED) is 0.669. The lowest BCUT2D eigenvalue weighted by molar-refractivity contribution is 0.206. The number of nitrogens with one attached hydrogen (secondary N) is 3. The molecule has 26 heavy (non-hydrogen) atoms. The Labute approximate surface area is 150 Å². The summed E-state index contributed by atoms with van der Waals surface area (Å²) in [6.07, 6.45) is 0.909. The van der Waals surface area contributed by atoms with Crippen molar-refractivity contribution in [2.75, 3.05) is 13.1 Å². The molecule has 8 heteroatoms. The third-order valence-electron chi connectivity index (χ3n) is 4.87. The fourth-order valence-electron chi connectivity index (χ4n) is 3.62. The van der Waals surface area contributed by atoms with Crippen LogP contribution in [0.15, 0.2) is 29.1 Å². The van der Waals surface area contributed by atoms with Gasteiger partial charge in [0.2, 0.25) is 0 Å². The van der Waals surface area contributed by atoms with Crippen LogP contribution in [0.25, 0.3) is 11.0 Å². The van der Waals surface area contributed by atoms with Gasteiger partial charge >= 0.3 is 11.7 Å². The van der Waals surface area contributed by atoms with Crippen molar-refractivity contribution >= 4 is 17.1 Å². The van der Waals surface area contributed by atoms with Crippen LogP contribution in [0.3, 0.4) is 0 Å². The van der Waals surface area contributed by atoms with E-state index in [9.17, 15) is 9.59 Å². The molecule has 0 unspecified atom stereocenters. The van der Waals surface area contributed by atoms with Gasteiger partial charge in [-0.3, -0.25) is 4.68 Å². The number of aromatic amines is 2. The molecule has 2 aromatic heterocycles. The molecule has 1 aliphatic rings. The number of hydrogen-bond acceptors (Lipinski definition) is 3. The average Bonchev–Trinajstić information content (AvgIpc) is 3.29. The molecule has 3 heterocycles. The number of imidazole rings is 1. The van der Waals surface area contributed by atoms with E-state index in [-0.39, 0.29) is 17.8 Å². The smallest absolute Gasteiger partial charge is 0.323 e. The molecule has 8 nitrogen and oxygen atoms in total. The number of urea groups is 1. The molecule has 1 fully saturated rings. The maximum Gasteiger partial charge on any atom is 0.323 e. The van der Waals surface area contributed by atoms with Crippen LogP contribution in [0.5, 0.6) is 0 Å². The number of H-pyrrole nitrogens is 2. The fraction of sp³-hybridized carbons (Fsp3) is 0.389. The minimum Gasteiger partial charge on any atom is -0.334 e. The van der Waals surface area contributed by atoms with Crippen LogP contribution in [-0.2, 0) is 6.54 Å². The largest absolute Gasteiger partial charge is 0.334 e. The van der Waals surface area contributed by atoms with Gasteiger partial charge in [-0.2, -0.15) is 5.10 Å². The highest BCUT2D eigenvalue weighted by atomic mass is 16.2. The Kier molecular flexibility index (Phi) is 4.02. The van der Waals surface area contributed by atoms with Crippen LogP contribution in [0.2, 0.25) is 0 Å². The zero-order valence-electron chi connectivity index (χ0n) is 14.9. The Bertz CT molecular complexity index is 1010. The van der Waals surface area contributed by atoms with E-state index >= 15 is 0 Å². The summed E-state index contributed by atoms with van der Waals surface area (Å²) in [6, 6.07) is 7.83. The summed E-state index contributed by atoms with van der Waals surface area (Å²) in [5.74, 6) is 0. The molecule has 1 atom stereocenters. The highest BCUT2D eigenvalue weighted by molar-refractivity contribution is 5.76. The lowest BCUT2D eigenvalue weighted by Crippen LogP contribution is -2.38. The summed E-state index contributed by atoms with van der Waals surface area (Å²) >= 11 is 0. The van der Waals surface area contributed by atoms with E-state index in [1.807, 2.05) is 41.6 Å². The van der Waals surface area contributed by atoms with Gasteiger partial charge in [0.15, 0.2) is 0 Å². The molecule has 0 saturated carbocycles. The second-order valence-corrected chi connectivity index (χ2v) is 6.88. The van der Waals surface area contributed by atoms with E-state index in [0.29, 0.717) is 13.1 Å². The molecule has 0 spiro atoms. The predicted octanol–water partition coefficient (Wildman–Crippen LogP) is 1.83. The number of carbonyl (C=O) groups is 1. The summed E-state index contributed by atoms with van der Waals surface area (Å²) in [7, 11) is 0. The van der Waals surface area contributed by atoms with Crippen LogP contribution in [0.4, 0.5) is 4.79 Å². The lowest BCUT2D eigenvalue weighted by atomic mass is 10.2. The van der Waals surface area contributed by atoms with Gasteiger partial charge in [0.05, 0.1) is 22.8 Å². The number of likely N-dealkylation sites (tertiary alicyclic amines) is 1. The third kappa shape index (κ3) is 3.10. The number of rotatable bonds is 3. The second kappa shape index (κ2) is 6.36. The number of nitrogens with zero attached hydrogens (tertiary/aromatic N) is 3. The summed E-state index contributed by atoms with van der Waals surface area (Å²) in [6.45, 7) is 5.84. The number of benzene rings is 1. The molecule has 4 rings (SSSR count). The van der Waals surface area contributed by atoms with Gasteiger partial charge in [0.1, 0.15) is 0 Å². The van der Waals surface area contributed by atoms with E-state index in [1.165, 1.54) is 0 Å². The molecule has 2 amide bonds. The highest BCUT2D eigenvalue weighted by Crippen LogP contribution is 2.23. The molecule has 3 aromatic rings. The van der Waals surface area contributed by atoms with Gasteiger partial charge < -0.3 is 20.2 Å². The van der Waals surface area contributed by atoms with Gasteiger partial charge in [-0.05, 0) is 44.0 Å². The number of carbonyl (C=O) groups excluding carboxylic acids is 1. The average molecular weight is 354 g/mol. The second-order valence-electron chi connectivity index (χ2n) is 6.88. The Balaban J connectivity index is 1.37. The molecule has 1 saturated heterocycles. The molecular formula is C18H22N6O2. The van der Waals surface area contributed by atoms with E-state index in [2.05, 4.69) is 26.4 Å². The summed E-state index contributed by atoms with van der Waals surface area (Å²) in [5.41, 5.74) is 4.35. The first-order chi connectivity index (χ1) is 12.5. The van der Waals surface area contributed by atoms with Gasteiger partial charge in [-0.1, -0.05) is 6.07 Å². The zero-order valence-corrected chi connectivity index (χ0v) is 14.9. The molecule has 0 radical (unpaired) electrons. The minimum absolute atomic E-state index is 0.0725. The van der Waals surface area contributed by atoms with Crippen LogP contribution < -0.4 is 11.0 Å². The summed E-state index contributed by atoms with van der Waals surface area (Å²) in [5, 5.41) is 7.50. The van der Waals surface area contributed by atoms with E-state index in [0.717, 1.165) is 41.0 Å². The highest BCUT2D eigenvalue weighted by Gasteiger charge is 2.28. The lowest BCUT2D eigenvalue weighted by Gasteiger charge is -2.18. The maximum atomic E-state index is 12.5. The topological polar surface area (TPSA) is 98.8 Å². The van der Waals surface area contributed by atoms with E-state index in [4.69, 9.17) is 0 Å². The SMILES string of the molecule is Cc1cc(C)n([C@H]2CCN(C(=O)NCc3ccc4[nH]c(=O)[nH]c4c3)C2)n1. The van der Waals surface area contributed by atoms with Crippen LogP contribution >= 0.6 is 0 Å². The first kappa shape index (κ1) is 16.4. The molecule has 0 bridgehead atoms. The Morgan fingerprint density at radius 3 is 2.85 bits per heavy atom. The molecular weight excluding hydrogens is 332 g/mol. The van der Waals surface area contributed by atoms with Crippen molar-refractivity contribution in [2.24, 2.45) is 0 Å². The number of aryl methyl sites for hydroxylation is 2. The number of hydrogen-bond donors (Lipinski definition) is 3. The molecule has 3 N–H and O–H groups in total. The predicted molar refractivity (Wildman–Crippen MR) is 98.1 cm³/mol. The van der Waals surface area contributed by atoms with Crippen molar-refractivity contribution in [2.45, 2.75) is 32.9 Å². The first-order valence-electron chi connectivity index (χ1n) is 8.76. The summed E-state index contributed by atoms with van der Waals surface area (Å²) in [4.78, 5) is 31.1. The standard InChI is InChI=1S/C18H22N6O2/c1-11-7-12(2)24(22-11)14-5-6-23(10-14)18(26)19-9-13-3-4-15-16(8-13)21-17(25)20-15/h3-4,7-8,14H,5-6,9-10H2,1-2H3,(H,19,26)(H2,20,21,25)/t14-/m0/s1. The van der Waals surface area contributed by atoms with Crippen molar-refractivity contribution in [1.29, 1.82) is 0 Å². The van der Waals surface area contributed by atoms with Crippen molar-refractivity contribution < 1.29 is 4.79 Å². The van der Waals surface area contributed by atoms with Crippen molar-refractivity contribution in [3.63, 3.8) is 0 Å². The van der Waals surface area contributed by atoms with E-state index < -0.39 is 0 Å². The Hall–Kier alpha value is -3.03. The van der Waals surface area contributed by atoms with Crippen LogP contribution in [0, 0.1) is 13.8 Å². The number of amides is 2. The molecule has 136 valence electrons. The fourth-order valence-corrected chi connectivity index (χ4v) is 3.62.